The lowest BCUT2D eigenvalue weighted by molar-refractivity contribution is -0.111. The van der Waals surface area contributed by atoms with Gasteiger partial charge in [0.2, 0.25) is 5.91 Å². The molecule has 0 saturated heterocycles. The number of nitrogens with one attached hydrogen (secondary N) is 1. The highest BCUT2D eigenvalue weighted by Gasteiger charge is 2.15. The van der Waals surface area contributed by atoms with Crippen LogP contribution in [0.15, 0.2) is 40.8 Å². The number of amides is 1. The number of allylic oxidation sites excluding steroid dienone is 1. The monoisotopic (exact) mass is 409 g/mol. The molecule has 0 aliphatic rings. The molecule has 0 fully saturated rings. The first-order chi connectivity index (χ1) is 14.4. The second-order valence-corrected chi connectivity index (χ2v) is 6.94. The predicted molar refractivity (Wildman–Crippen MR) is 119 cm³/mol. The van der Waals surface area contributed by atoms with Gasteiger partial charge in [0, 0.05) is 29.2 Å². The Morgan fingerprint density at radius 2 is 1.87 bits per heavy atom. The molecule has 1 amide bonds. The van der Waals surface area contributed by atoms with Gasteiger partial charge in [0.15, 0.2) is 0 Å². The van der Waals surface area contributed by atoms with Gasteiger partial charge in [-0.2, -0.15) is 0 Å². The Hall–Kier alpha value is -3.41. The lowest BCUT2D eigenvalue weighted by atomic mass is 10.0. The fourth-order valence-electron chi connectivity index (χ4n) is 3.30. The Morgan fingerprint density at radius 3 is 2.53 bits per heavy atom. The number of methoxy groups -OCH3 is 2. The molecule has 0 aliphatic carbocycles. The van der Waals surface area contributed by atoms with Crippen molar-refractivity contribution in [3.05, 3.63) is 53.3 Å². The number of hydrogen-bond acceptors (Lipinski definition) is 5. The van der Waals surface area contributed by atoms with E-state index in [0.717, 1.165) is 33.4 Å². The molecule has 3 aromatic rings. The van der Waals surface area contributed by atoms with Crippen LogP contribution in [0.2, 0.25) is 0 Å². The third-order valence-corrected chi connectivity index (χ3v) is 5.02. The summed E-state index contributed by atoms with van der Waals surface area (Å²) in [4.78, 5) is 12.7. The van der Waals surface area contributed by atoms with Gasteiger partial charge in [-0.3, -0.25) is 4.79 Å². The molecule has 158 valence electrons. The molecule has 6 heteroatoms. The normalized spacial score (nSPS) is 11.5. The number of benzene rings is 2. The summed E-state index contributed by atoms with van der Waals surface area (Å²) >= 11 is 0. The number of furan rings is 1. The summed E-state index contributed by atoms with van der Waals surface area (Å²) in [7, 11) is 3.12. The van der Waals surface area contributed by atoms with Crippen LogP contribution < -0.4 is 19.5 Å². The second-order valence-electron chi connectivity index (χ2n) is 6.94. The summed E-state index contributed by atoms with van der Waals surface area (Å²) in [6, 6.07) is 9.13. The molecule has 2 aromatic carbocycles. The van der Waals surface area contributed by atoms with Crippen molar-refractivity contribution in [1.29, 1.82) is 0 Å². The molecule has 0 radical (unpaired) electrons. The minimum absolute atomic E-state index is 0.265. The molecule has 0 atom stereocenters. The Morgan fingerprint density at radius 1 is 1.10 bits per heavy atom. The summed E-state index contributed by atoms with van der Waals surface area (Å²) < 4.78 is 22.2. The zero-order valence-corrected chi connectivity index (χ0v) is 18.2. The number of carbonyl (C=O) groups is 1. The van der Waals surface area contributed by atoms with Crippen LogP contribution in [-0.2, 0) is 4.79 Å². The van der Waals surface area contributed by atoms with Gasteiger partial charge in [0.05, 0.1) is 26.5 Å². The van der Waals surface area contributed by atoms with E-state index in [1.54, 1.807) is 38.5 Å². The van der Waals surface area contributed by atoms with Crippen molar-refractivity contribution in [1.82, 2.24) is 0 Å². The van der Waals surface area contributed by atoms with Crippen molar-refractivity contribution < 1.29 is 23.4 Å². The van der Waals surface area contributed by atoms with Crippen LogP contribution in [0.5, 0.6) is 17.2 Å². The molecular formula is C24H27NO5. The summed E-state index contributed by atoms with van der Waals surface area (Å²) in [5.41, 5.74) is 4.05. The molecule has 3 rings (SSSR count). The van der Waals surface area contributed by atoms with Gasteiger partial charge in [0.1, 0.15) is 28.6 Å². The standard InChI is InChI=1S/C24H27NO5/c1-7-29-21-13-22-19(15(3)16(4)30-22)12-18(21)14(2)10-24(26)25-20-9-8-17(27-5)11-23(20)28-6/h8-13H,7H2,1-6H3,(H,25,26)/b14-10+. The molecule has 30 heavy (non-hydrogen) atoms. The zero-order chi connectivity index (χ0) is 21.8. The van der Waals surface area contributed by atoms with Crippen molar-refractivity contribution >= 4 is 28.1 Å². The van der Waals surface area contributed by atoms with Crippen LogP contribution in [0.25, 0.3) is 16.5 Å². The minimum Gasteiger partial charge on any atom is -0.497 e. The molecule has 1 aromatic heterocycles. The van der Waals surface area contributed by atoms with Crippen LogP contribution in [-0.4, -0.2) is 26.7 Å². The average molecular weight is 409 g/mol. The van der Waals surface area contributed by atoms with E-state index in [2.05, 4.69) is 5.32 Å². The van der Waals surface area contributed by atoms with E-state index in [0.29, 0.717) is 29.5 Å². The largest absolute Gasteiger partial charge is 0.497 e. The van der Waals surface area contributed by atoms with E-state index in [1.807, 2.05) is 39.8 Å². The van der Waals surface area contributed by atoms with Gasteiger partial charge in [-0.25, -0.2) is 0 Å². The fraction of sp³-hybridized carbons (Fsp3) is 0.292. The lowest BCUT2D eigenvalue weighted by Gasteiger charge is -2.12. The number of carbonyl (C=O) groups excluding carboxylic acids is 1. The van der Waals surface area contributed by atoms with E-state index >= 15 is 0 Å². The first kappa shape index (κ1) is 21.3. The molecular weight excluding hydrogens is 382 g/mol. The second kappa shape index (κ2) is 8.95. The zero-order valence-electron chi connectivity index (χ0n) is 18.2. The van der Waals surface area contributed by atoms with Crippen LogP contribution in [0.1, 0.15) is 30.7 Å². The van der Waals surface area contributed by atoms with Gasteiger partial charge in [-0.1, -0.05) is 0 Å². The first-order valence-corrected chi connectivity index (χ1v) is 9.76. The van der Waals surface area contributed by atoms with Crippen LogP contribution in [0, 0.1) is 13.8 Å². The fourth-order valence-corrected chi connectivity index (χ4v) is 3.30. The van der Waals surface area contributed by atoms with E-state index in [-0.39, 0.29) is 5.91 Å². The summed E-state index contributed by atoms with van der Waals surface area (Å²) in [5.74, 6) is 2.46. The molecule has 1 heterocycles. The third-order valence-electron chi connectivity index (χ3n) is 5.02. The van der Waals surface area contributed by atoms with Crippen molar-refractivity contribution in [2.24, 2.45) is 0 Å². The van der Waals surface area contributed by atoms with E-state index in [4.69, 9.17) is 18.6 Å². The van der Waals surface area contributed by atoms with E-state index < -0.39 is 0 Å². The highest BCUT2D eigenvalue weighted by molar-refractivity contribution is 6.05. The summed E-state index contributed by atoms with van der Waals surface area (Å²) in [6.45, 7) is 8.28. The Bertz CT molecular complexity index is 1110. The molecule has 0 spiro atoms. The molecule has 0 saturated carbocycles. The SMILES string of the molecule is CCOc1cc2oc(C)c(C)c2cc1/C(C)=C/C(=O)Nc1ccc(OC)cc1OC. The van der Waals surface area contributed by atoms with E-state index in [1.165, 1.54) is 0 Å². The van der Waals surface area contributed by atoms with Crippen LogP contribution in [0.3, 0.4) is 0 Å². The molecule has 6 nitrogen and oxygen atoms in total. The van der Waals surface area contributed by atoms with Gasteiger partial charge in [0.25, 0.3) is 0 Å². The van der Waals surface area contributed by atoms with Crippen molar-refractivity contribution in [3.8, 4) is 17.2 Å². The Labute approximate surface area is 176 Å². The number of ether oxygens (including phenoxy) is 3. The Kier molecular flexibility index (Phi) is 6.35. The number of rotatable bonds is 7. The minimum atomic E-state index is -0.265. The lowest BCUT2D eigenvalue weighted by Crippen LogP contribution is -2.10. The van der Waals surface area contributed by atoms with Crippen LogP contribution >= 0.6 is 0 Å². The first-order valence-electron chi connectivity index (χ1n) is 9.76. The maximum Gasteiger partial charge on any atom is 0.248 e. The Balaban J connectivity index is 1.94. The third kappa shape index (κ3) is 4.27. The maximum atomic E-state index is 12.7. The summed E-state index contributed by atoms with van der Waals surface area (Å²) in [5, 5.41) is 3.87. The van der Waals surface area contributed by atoms with Crippen LogP contribution in [0.4, 0.5) is 5.69 Å². The van der Waals surface area contributed by atoms with Crippen molar-refractivity contribution in [2.75, 3.05) is 26.1 Å². The van der Waals surface area contributed by atoms with E-state index in [9.17, 15) is 4.79 Å². The highest BCUT2D eigenvalue weighted by Crippen LogP contribution is 2.35. The maximum absolute atomic E-state index is 12.7. The smallest absolute Gasteiger partial charge is 0.248 e. The summed E-state index contributed by atoms with van der Waals surface area (Å²) in [6.07, 6.45) is 1.55. The topological polar surface area (TPSA) is 69.9 Å². The molecule has 0 bridgehead atoms. The van der Waals surface area contributed by atoms with Gasteiger partial charge in [-0.05, 0) is 57.0 Å². The predicted octanol–water partition coefficient (Wildman–Crippen LogP) is 5.51. The van der Waals surface area contributed by atoms with Crippen molar-refractivity contribution in [2.45, 2.75) is 27.7 Å². The highest BCUT2D eigenvalue weighted by atomic mass is 16.5. The van der Waals surface area contributed by atoms with Crippen molar-refractivity contribution in [3.63, 3.8) is 0 Å². The molecule has 0 unspecified atom stereocenters. The average Bonchev–Trinajstić information content (AvgIpc) is 3.00. The number of fused-ring (bicyclic) bond motifs is 1. The number of aryl methyl sites for hydroxylation is 2. The quantitative estimate of drug-likeness (QED) is 0.521. The number of anilines is 1. The molecule has 1 N–H and O–H groups in total. The number of hydrogen-bond donors (Lipinski definition) is 1. The van der Waals surface area contributed by atoms with Gasteiger partial charge < -0.3 is 23.9 Å². The van der Waals surface area contributed by atoms with Gasteiger partial charge >= 0.3 is 0 Å². The molecule has 0 aliphatic heterocycles. The van der Waals surface area contributed by atoms with Gasteiger partial charge in [-0.15, -0.1) is 0 Å².